The summed E-state index contributed by atoms with van der Waals surface area (Å²) in [6.07, 6.45) is 9.99. The normalized spacial score (nSPS) is 10.9. The lowest BCUT2D eigenvalue weighted by atomic mass is 10.3. The summed E-state index contributed by atoms with van der Waals surface area (Å²) in [6.45, 7) is 6.13. The fourth-order valence-electron chi connectivity index (χ4n) is 1.85. The van der Waals surface area contributed by atoms with Crippen LogP contribution in [0.3, 0.4) is 0 Å². The molecule has 0 bridgehead atoms. The fourth-order valence-corrected chi connectivity index (χ4v) is 1.85. The molecule has 0 aromatic carbocycles. The monoisotopic (exact) mass is 218 g/mol. The Balaban J connectivity index is 1.99. The highest BCUT2D eigenvalue weighted by Crippen LogP contribution is 2.03. The van der Waals surface area contributed by atoms with Crippen molar-refractivity contribution in [3.05, 3.63) is 36.4 Å². The van der Waals surface area contributed by atoms with Crippen molar-refractivity contribution >= 4 is 0 Å². The molecule has 0 unspecified atom stereocenters. The molecule has 0 saturated carbocycles. The Bertz CT molecular complexity index is 441. The quantitative estimate of drug-likeness (QED) is 0.770. The van der Waals surface area contributed by atoms with Crippen molar-refractivity contribution in [3.8, 4) is 0 Å². The molecule has 0 atom stereocenters. The van der Waals surface area contributed by atoms with Crippen LogP contribution >= 0.6 is 0 Å². The van der Waals surface area contributed by atoms with Gasteiger partial charge in [-0.15, -0.1) is 0 Å². The van der Waals surface area contributed by atoms with Gasteiger partial charge in [-0.25, -0.2) is 9.97 Å². The number of rotatable bonds is 5. The van der Waals surface area contributed by atoms with Gasteiger partial charge in [0.1, 0.15) is 11.6 Å². The third-order valence-corrected chi connectivity index (χ3v) is 2.78. The second kappa shape index (κ2) is 4.96. The number of aromatic nitrogens is 4. The van der Waals surface area contributed by atoms with E-state index in [0.717, 1.165) is 31.8 Å². The molecule has 0 amide bonds. The van der Waals surface area contributed by atoms with Crippen LogP contribution in [0, 0.1) is 6.92 Å². The molecule has 0 N–H and O–H groups in total. The maximum absolute atomic E-state index is 4.37. The van der Waals surface area contributed by atoms with Crippen LogP contribution in [0.1, 0.15) is 25.0 Å². The van der Waals surface area contributed by atoms with E-state index in [9.17, 15) is 0 Å². The van der Waals surface area contributed by atoms with Crippen molar-refractivity contribution in [1.82, 2.24) is 19.1 Å². The van der Waals surface area contributed by atoms with Crippen LogP contribution in [0.4, 0.5) is 0 Å². The van der Waals surface area contributed by atoms with Gasteiger partial charge in [0.05, 0.1) is 0 Å². The van der Waals surface area contributed by atoms with Crippen LogP contribution in [0.25, 0.3) is 0 Å². The summed E-state index contributed by atoms with van der Waals surface area (Å²) in [6, 6.07) is 0. The third-order valence-electron chi connectivity index (χ3n) is 2.78. The van der Waals surface area contributed by atoms with Crippen molar-refractivity contribution in [2.75, 3.05) is 0 Å². The Hall–Kier alpha value is -1.58. The van der Waals surface area contributed by atoms with Crippen molar-refractivity contribution < 1.29 is 0 Å². The van der Waals surface area contributed by atoms with E-state index in [0.29, 0.717) is 0 Å². The minimum Gasteiger partial charge on any atom is -0.333 e. The Morgan fingerprint density at radius 3 is 2.44 bits per heavy atom. The molecule has 2 aromatic heterocycles. The van der Waals surface area contributed by atoms with E-state index in [4.69, 9.17) is 0 Å². The molecule has 0 radical (unpaired) electrons. The van der Waals surface area contributed by atoms with Gasteiger partial charge in [0, 0.05) is 44.3 Å². The standard InChI is InChI=1S/C12H18N4/c1-3-4-12-14-6-8-16(12)10-9-15-7-5-13-11(15)2/h5-8H,3-4,9-10H2,1-2H3. The second-order valence-electron chi connectivity index (χ2n) is 3.95. The van der Waals surface area contributed by atoms with Crippen LogP contribution in [-0.4, -0.2) is 19.1 Å². The summed E-state index contributed by atoms with van der Waals surface area (Å²) >= 11 is 0. The summed E-state index contributed by atoms with van der Waals surface area (Å²) in [7, 11) is 0. The van der Waals surface area contributed by atoms with Gasteiger partial charge < -0.3 is 9.13 Å². The first-order valence-corrected chi connectivity index (χ1v) is 5.79. The maximum Gasteiger partial charge on any atom is 0.108 e. The Labute approximate surface area is 96.0 Å². The maximum atomic E-state index is 4.37. The second-order valence-corrected chi connectivity index (χ2v) is 3.95. The molecule has 4 heteroatoms. The van der Waals surface area contributed by atoms with Gasteiger partial charge in [-0.05, 0) is 13.3 Å². The highest BCUT2D eigenvalue weighted by atomic mass is 15.1. The Kier molecular flexibility index (Phi) is 3.39. The molecular weight excluding hydrogens is 200 g/mol. The number of aryl methyl sites for hydroxylation is 4. The zero-order chi connectivity index (χ0) is 11.4. The van der Waals surface area contributed by atoms with E-state index >= 15 is 0 Å². The molecule has 0 spiro atoms. The zero-order valence-electron chi connectivity index (χ0n) is 9.93. The fraction of sp³-hybridized carbons (Fsp3) is 0.500. The van der Waals surface area contributed by atoms with Crippen molar-refractivity contribution in [1.29, 1.82) is 0 Å². The number of hydrogen-bond acceptors (Lipinski definition) is 2. The minimum absolute atomic E-state index is 0.957. The molecular formula is C12H18N4. The van der Waals surface area contributed by atoms with Crippen molar-refractivity contribution in [2.24, 2.45) is 0 Å². The molecule has 16 heavy (non-hydrogen) atoms. The third kappa shape index (κ3) is 2.32. The minimum atomic E-state index is 0.957. The van der Waals surface area contributed by atoms with Gasteiger partial charge in [-0.2, -0.15) is 0 Å². The highest BCUT2D eigenvalue weighted by Gasteiger charge is 2.02. The predicted molar refractivity (Wildman–Crippen MR) is 63.2 cm³/mol. The van der Waals surface area contributed by atoms with E-state index in [1.54, 1.807) is 0 Å². The first kappa shape index (κ1) is 10.9. The lowest BCUT2D eigenvalue weighted by molar-refractivity contribution is 0.547. The molecule has 0 aliphatic carbocycles. The first-order valence-electron chi connectivity index (χ1n) is 5.79. The van der Waals surface area contributed by atoms with E-state index in [-0.39, 0.29) is 0 Å². The number of hydrogen-bond donors (Lipinski definition) is 0. The molecule has 2 aromatic rings. The molecule has 0 aliphatic heterocycles. The SMILES string of the molecule is CCCc1nccn1CCn1ccnc1C. The topological polar surface area (TPSA) is 35.6 Å². The predicted octanol–water partition coefficient (Wildman–Crippen LogP) is 2.04. The van der Waals surface area contributed by atoms with Gasteiger partial charge in [0.25, 0.3) is 0 Å². The summed E-state index contributed by atoms with van der Waals surface area (Å²) in [4.78, 5) is 8.58. The summed E-state index contributed by atoms with van der Waals surface area (Å²) in [5, 5.41) is 0. The smallest absolute Gasteiger partial charge is 0.108 e. The largest absolute Gasteiger partial charge is 0.333 e. The van der Waals surface area contributed by atoms with Crippen LogP contribution in [0.5, 0.6) is 0 Å². The molecule has 0 fully saturated rings. The summed E-state index contributed by atoms with van der Waals surface area (Å²) in [5.41, 5.74) is 0. The van der Waals surface area contributed by atoms with E-state index < -0.39 is 0 Å². The Morgan fingerprint density at radius 1 is 1.06 bits per heavy atom. The zero-order valence-corrected chi connectivity index (χ0v) is 9.93. The average molecular weight is 218 g/mol. The van der Waals surface area contributed by atoms with Gasteiger partial charge in [0.2, 0.25) is 0 Å². The summed E-state index contributed by atoms with van der Waals surface area (Å²) < 4.78 is 4.39. The Morgan fingerprint density at radius 2 is 1.75 bits per heavy atom. The average Bonchev–Trinajstić information content (AvgIpc) is 2.86. The van der Waals surface area contributed by atoms with E-state index in [1.165, 1.54) is 5.82 Å². The van der Waals surface area contributed by atoms with Gasteiger partial charge in [-0.1, -0.05) is 6.92 Å². The van der Waals surface area contributed by atoms with E-state index in [1.807, 2.05) is 25.5 Å². The highest BCUT2D eigenvalue weighted by molar-refractivity contribution is 4.93. The molecule has 4 nitrogen and oxygen atoms in total. The van der Waals surface area contributed by atoms with Crippen LogP contribution in [0.15, 0.2) is 24.8 Å². The van der Waals surface area contributed by atoms with Crippen LogP contribution in [-0.2, 0) is 19.5 Å². The number of imidazole rings is 2. The molecule has 2 heterocycles. The first-order chi connectivity index (χ1) is 7.81. The molecule has 0 saturated heterocycles. The van der Waals surface area contributed by atoms with Gasteiger partial charge in [0.15, 0.2) is 0 Å². The van der Waals surface area contributed by atoms with E-state index in [2.05, 4.69) is 32.2 Å². The van der Waals surface area contributed by atoms with Crippen LogP contribution in [0.2, 0.25) is 0 Å². The molecule has 0 aliphatic rings. The van der Waals surface area contributed by atoms with Gasteiger partial charge >= 0.3 is 0 Å². The lowest BCUT2D eigenvalue weighted by Gasteiger charge is -2.08. The molecule has 2 rings (SSSR count). The van der Waals surface area contributed by atoms with Crippen molar-refractivity contribution in [3.63, 3.8) is 0 Å². The lowest BCUT2D eigenvalue weighted by Crippen LogP contribution is -2.10. The van der Waals surface area contributed by atoms with Crippen molar-refractivity contribution in [2.45, 2.75) is 39.8 Å². The number of nitrogens with zero attached hydrogens (tertiary/aromatic N) is 4. The van der Waals surface area contributed by atoms with Crippen LogP contribution < -0.4 is 0 Å². The molecule has 86 valence electrons. The summed E-state index contributed by atoms with van der Waals surface area (Å²) in [5.74, 6) is 2.25. The van der Waals surface area contributed by atoms with Gasteiger partial charge in [-0.3, -0.25) is 0 Å².